The molecule has 0 spiro atoms. The molecule has 10 heteroatoms. The fourth-order valence-electron chi connectivity index (χ4n) is 3.66. The fourth-order valence-corrected chi connectivity index (χ4v) is 3.66. The van der Waals surface area contributed by atoms with Crippen LogP contribution in [0.25, 0.3) is 0 Å². The zero-order valence-electron chi connectivity index (χ0n) is 20.2. The van der Waals surface area contributed by atoms with Crippen molar-refractivity contribution in [1.82, 2.24) is 30.3 Å². The van der Waals surface area contributed by atoms with Crippen LogP contribution >= 0.6 is 24.0 Å². The van der Waals surface area contributed by atoms with Gasteiger partial charge in [-0.2, -0.15) is 0 Å². The number of hydrogen-bond acceptors (Lipinski definition) is 6. The summed E-state index contributed by atoms with van der Waals surface area (Å²) in [6.45, 7) is 12.9. The van der Waals surface area contributed by atoms with Crippen molar-refractivity contribution >= 4 is 35.6 Å². The molecule has 0 aliphatic carbocycles. The first kappa shape index (κ1) is 27.3. The van der Waals surface area contributed by atoms with Gasteiger partial charge < -0.3 is 24.8 Å². The number of para-hydroxylation sites is 1. The number of hydrogen-bond donors (Lipinski definition) is 2. The molecule has 2 N–H and O–H groups in total. The molecule has 0 amide bonds. The quantitative estimate of drug-likeness (QED) is 0.185. The maximum atomic E-state index is 5.44. The standard InChI is InChI=1S/C23H38N8O.HI/c1-4-31(21-9-6-5-7-10-21)13-8-11-24-23(25-12-14-30-15-17-32-18-16-30)26-19-22-28-27-20(2)29(22)3;/h5-7,9-10H,4,8,11-19H2,1-3H3,(H2,24,25,26);1H. The van der Waals surface area contributed by atoms with Gasteiger partial charge in [0, 0.05) is 58.5 Å². The van der Waals surface area contributed by atoms with Crippen LogP contribution in [-0.4, -0.2) is 84.7 Å². The van der Waals surface area contributed by atoms with Crippen molar-refractivity contribution in [3.63, 3.8) is 0 Å². The average Bonchev–Trinajstić information content (AvgIpc) is 3.15. The fraction of sp³-hybridized carbons (Fsp3) is 0.609. The third-order valence-corrected chi connectivity index (χ3v) is 5.79. The first-order valence-electron chi connectivity index (χ1n) is 11.6. The minimum Gasteiger partial charge on any atom is -0.379 e. The highest BCUT2D eigenvalue weighted by Gasteiger charge is 2.10. The number of anilines is 1. The highest BCUT2D eigenvalue weighted by molar-refractivity contribution is 14.0. The lowest BCUT2D eigenvalue weighted by atomic mass is 10.2. The Kier molecular flexibility index (Phi) is 12.5. The molecule has 0 bridgehead atoms. The molecule has 1 saturated heterocycles. The topological polar surface area (TPSA) is 82.8 Å². The predicted octanol–water partition coefficient (Wildman–Crippen LogP) is 2.03. The van der Waals surface area contributed by atoms with E-state index in [4.69, 9.17) is 9.73 Å². The number of nitrogens with zero attached hydrogens (tertiary/aromatic N) is 6. The molecule has 0 unspecified atom stereocenters. The normalized spacial score (nSPS) is 14.6. The molecule has 0 saturated carbocycles. The molecular weight excluding hydrogens is 531 g/mol. The summed E-state index contributed by atoms with van der Waals surface area (Å²) < 4.78 is 7.42. The van der Waals surface area contributed by atoms with Crippen molar-refractivity contribution in [3.8, 4) is 0 Å². The molecule has 0 atom stereocenters. The molecule has 1 aliphatic rings. The van der Waals surface area contributed by atoms with E-state index in [9.17, 15) is 0 Å². The number of benzene rings is 1. The summed E-state index contributed by atoms with van der Waals surface area (Å²) in [7, 11) is 1.97. The van der Waals surface area contributed by atoms with Crippen LogP contribution in [0.5, 0.6) is 0 Å². The van der Waals surface area contributed by atoms with Crippen molar-refractivity contribution < 1.29 is 4.74 Å². The highest BCUT2D eigenvalue weighted by atomic mass is 127. The number of aliphatic imine (C=N–C) groups is 1. The smallest absolute Gasteiger partial charge is 0.191 e. The van der Waals surface area contributed by atoms with Crippen LogP contribution in [0, 0.1) is 6.92 Å². The van der Waals surface area contributed by atoms with Gasteiger partial charge in [-0.1, -0.05) is 18.2 Å². The Morgan fingerprint density at radius 1 is 1.12 bits per heavy atom. The molecule has 2 aromatic rings. The average molecular weight is 571 g/mol. The van der Waals surface area contributed by atoms with E-state index in [1.807, 2.05) is 18.5 Å². The van der Waals surface area contributed by atoms with Gasteiger partial charge in [-0.25, -0.2) is 4.99 Å². The maximum absolute atomic E-state index is 5.44. The summed E-state index contributed by atoms with van der Waals surface area (Å²) >= 11 is 0. The van der Waals surface area contributed by atoms with Crippen LogP contribution in [0.15, 0.2) is 35.3 Å². The molecule has 9 nitrogen and oxygen atoms in total. The molecule has 1 aliphatic heterocycles. The van der Waals surface area contributed by atoms with Gasteiger partial charge in [0.1, 0.15) is 12.4 Å². The third kappa shape index (κ3) is 9.09. The monoisotopic (exact) mass is 570 g/mol. The van der Waals surface area contributed by atoms with Crippen LogP contribution in [-0.2, 0) is 18.3 Å². The second kappa shape index (κ2) is 15.1. The van der Waals surface area contributed by atoms with Crippen molar-refractivity contribution in [1.29, 1.82) is 0 Å². The Morgan fingerprint density at radius 3 is 2.52 bits per heavy atom. The van der Waals surface area contributed by atoms with Crippen LogP contribution in [0.1, 0.15) is 25.0 Å². The number of halogens is 1. The lowest BCUT2D eigenvalue weighted by Gasteiger charge is -2.27. The number of guanidine groups is 1. The highest BCUT2D eigenvalue weighted by Crippen LogP contribution is 2.12. The van der Waals surface area contributed by atoms with Crippen LogP contribution in [0.2, 0.25) is 0 Å². The minimum absolute atomic E-state index is 0. The Hall–Kier alpha value is -1.92. The molecule has 1 aromatic carbocycles. The molecule has 2 heterocycles. The van der Waals surface area contributed by atoms with Crippen LogP contribution in [0.4, 0.5) is 5.69 Å². The van der Waals surface area contributed by atoms with E-state index in [0.29, 0.717) is 6.54 Å². The van der Waals surface area contributed by atoms with E-state index < -0.39 is 0 Å². The molecule has 184 valence electrons. The van der Waals surface area contributed by atoms with E-state index in [1.165, 1.54) is 5.69 Å². The number of morpholine rings is 1. The molecule has 33 heavy (non-hydrogen) atoms. The van der Waals surface area contributed by atoms with Gasteiger partial charge in [-0.05, 0) is 32.4 Å². The lowest BCUT2D eigenvalue weighted by Crippen LogP contribution is -2.45. The number of aryl methyl sites for hydroxylation is 1. The van der Waals surface area contributed by atoms with Crippen LogP contribution < -0.4 is 15.5 Å². The predicted molar refractivity (Wildman–Crippen MR) is 145 cm³/mol. The van der Waals surface area contributed by atoms with Crippen molar-refractivity contribution in [2.45, 2.75) is 26.8 Å². The van der Waals surface area contributed by atoms with Gasteiger partial charge in [-0.15, -0.1) is 34.2 Å². The van der Waals surface area contributed by atoms with Crippen molar-refractivity contribution in [2.24, 2.45) is 12.0 Å². The summed E-state index contributed by atoms with van der Waals surface area (Å²) in [5.74, 6) is 2.57. The second-order valence-electron chi connectivity index (χ2n) is 7.96. The van der Waals surface area contributed by atoms with Crippen molar-refractivity contribution in [3.05, 3.63) is 42.0 Å². The summed E-state index contributed by atoms with van der Waals surface area (Å²) in [6, 6.07) is 10.6. The minimum atomic E-state index is 0. The Morgan fingerprint density at radius 2 is 1.85 bits per heavy atom. The molecule has 3 rings (SSSR count). The van der Waals surface area contributed by atoms with E-state index in [2.05, 4.69) is 67.9 Å². The molecule has 1 aromatic heterocycles. The van der Waals surface area contributed by atoms with E-state index in [-0.39, 0.29) is 24.0 Å². The zero-order valence-corrected chi connectivity index (χ0v) is 22.5. The molecular formula is C23H39IN8O. The Bertz CT molecular complexity index is 823. The zero-order chi connectivity index (χ0) is 22.6. The van der Waals surface area contributed by atoms with Gasteiger partial charge in [0.05, 0.1) is 13.2 Å². The van der Waals surface area contributed by atoms with Gasteiger partial charge in [0.15, 0.2) is 11.8 Å². The van der Waals surface area contributed by atoms with Crippen molar-refractivity contribution in [2.75, 3.05) is 63.9 Å². The largest absolute Gasteiger partial charge is 0.379 e. The van der Waals surface area contributed by atoms with Crippen LogP contribution in [0.3, 0.4) is 0 Å². The second-order valence-corrected chi connectivity index (χ2v) is 7.96. The van der Waals surface area contributed by atoms with Gasteiger partial charge in [0.25, 0.3) is 0 Å². The number of ether oxygens (including phenoxy) is 1. The Balaban J connectivity index is 0.00000385. The number of aromatic nitrogens is 3. The maximum Gasteiger partial charge on any atom is 0.191 e. The summed E-state index contributed by atoms with van der Waals surface area (Å²) in [5.41, 5.74) is 1.27. The first-order valence-corrected chi connectivity index (χ1v) is 11.6. The lowest BCUT2D eigenvalue weighted by molar-refractivity contribution is 0.0389. The summed E-state index contributed by atoms with van der Waals surface area (Å²) in [4.78, 5) is 9.57. The molecule has 0 radical (unpaired) electrons. The van der Waals surface area contributed by atoms with E-state index >= 15 is 0 Å². The Labute approximate surface area is 215 Å². The molecule has 1 fully saturated rings. The van der Waals surface area contributed by atoms with Gasteiger partial charge >= 0.3 is 0 Å². The van der Waals surface area contributed by atoms with E-state index in [1.54, 1.807) is 0 Å². The third-order valence-electron chi connectivity index (χ3n) is 5.79. The van der Waals surface area contributed by atoms with Gasteiger partial charge in [0.2, 0.25) is 0 Å². The van der Waals surface area contributed by atoms with E-state index in [0.717, 1.165) is 83.1 Å². The first-order chi connectivity index (χ1) is 15.7. The summed E-state index contributed by atoms with van der Waals surface area (Å²) in [5, 5.41) is 15.3. The van der Waals surface area contributed by atoms with Gasteiger partial charge in [-0.3, -0.25) is 4.90 Å². The number of rotatable bonds is 11. The number of nitrogens with one attached hydrogen (secondary N) is 2. The summed E-state index contributed by atoms with van der Waals surface area (Å²) in [6.07, 6.45) is 1.02. The SMILES string of the molecule is CCN(CCCNC(=NCc1nnc(C)n1C)NCCN1CCOCC1)c1ccccc1.I.